The summed E-state index contributed by atoms with van der Waals surface area (Å²) in [6.45, 7) is 0. The number of nitrogens with one attached hydrogen (secondary N) is 2. The predicted molar refractivity (Wildman–Crippen MR) is 85.8 cm³/mol. The van der Waals surface area contributed by atoms with E-state index < -0.39 is 64.8 Å². The molecule has 2 N–H and O–H groups in total. The molecule has 0 bridgehead atoms. The Hall–Kier alpha value is -3.45. The van der Waals surface area contributed by atoms with Crippen LogP contribution in [0.15, 0.2) is 36.4 Å². The average Bonchev–Trinajstić information content (AvgIpc) is 2.62. The summed E-state index contributed by atoms with van der Waals surface area (Å²) in [5, 5.41) is 3.18. The molecular weight excluding hydrogens is 451 g/mol. The van der Waals surface area contributed by atoms with E-state index in [0.717, 1.165) is 18.2 Å². The molecule has 2 rings (SSSR count). The number of urea groups is 1. The van der Waals surface area contributed by atoms with Gasteiger partial charge in [0.1, 0.15) is 28.8 Å². The minimum Gasteiger partial charge on any atom is -0.430 e. The van der Waals surface area contributed by atoms with E-state index >= 15 is 0 Å². The molecule has 1 atom stereocenters. The molecule has 0 radical (unpaired) electrons. The second-order valence-corrected chi connectivity index (χ2v) is 5.71. The van der Waals surface area contributed by atoms with Crippen LogP contribution in [0, 0.1) is 17.5 Å². The first kappa shape index (κ1) is 23.8. The molecule has 5 nitrogen and oxygen atoms in total. The Morgan fingerprint density at radius 3 is 2.00 bits per heavy atom. The first-order valence-electron chi connectivity index (χ1n) is 7.86. The summed E-state index contributed by atoms with van der Waals surface area (Å²) in [5.74, 6) is -6.89. The summed E-state index contributed by atoms with van der Waals surface area (Å²) in [6, 6.07) is 2.01. The highest BCUT2D eigenvalue weighted by atomic mass is 19.4. The van der Waals surface area contributed by atoms with Gasteiger partial charge in [-0.25, -0.2) is 22.4 Å². The van der Waals surface area contributed by atoms with Gasteiger partial charge in [-0.05, 0) is 24.3 Å². The summed E-state index contributed by atoms with van der Waals surface area (Å²) in [7, 11) is 0. The highest BCUT2D eigenvalue weighted by Gasteiger charge is 2.59. The van der Waals surface area contributed by atoms with E-state index in [2.05, 4.69) is 4.74 Å². The van der Waals surface area contributed by atoms with Gasteiger partial charge in [0.25, 0.3) is 12.1 Å². The number of alkyl halides is 6. The Morgan fingerprint density at radius 2 is 1.48 bits per heavy atom. The van der Waals surface area contributed by atoms with Crippen molar-refractivity contribution >= 4 is 17.6 Å². The van der Waals surface area contributed by atoms with E-state index in [1.165, 1.54) is 5.32 Å². The quantitative estimate of drug-likeness (QED) is 0.622. The van der Waals surface area contributed by atoms with Crippen LogP contribution in [0.1, 0.15) is 10.4 Å². The van der Waals surface area contributed by atoms with Crippen molar-refractivity contribution < 1.29 is 53.8 Å². The van der Waals surface area contributed by atoms with Gasteiger partial charge < -0.3 is 10.1 Å². The van der Waals surface area contributed by atoms with Crippen molar-refractivity contribution in [3.8, 4) is 5.75 Å². The van der Waals surface area contributed by atoms with Gasteiger partial charge in [-0.15, -0.1) is 0 Å². The topological polar surface area (TPSA) is 67.4 Å². The van der Waals surface area contributed by atoms with Crippen molar-refractivity contribution in [1.29, 1.82) is 0 Å². The molecule has 0 saturated heterocycles. The molecule has 0 heterocycles. The average molecular weight is 460 g/mol. The number of amides is 3. The number of ether oxygens (including phenoxy) is 1. The number of carbonyl (C=O) groups is 2. The predicted octanol–water partition coefficient (Wildman–Crippen LogP) is 4.94. The zero-order chi connectivity index (χ0) is 23.6. The standard InChI is InChI=1S/C17H9F9N2O3/c18-8-2-1-3-9(19)12(8)13(29)28-15(30)27-11-5-4-7(6-10(11)20)31-17(25,26)14(21)16(22,23)24/h1-6,14H,(H2,27,28,29,30). The van der Waals surface area contributed by atoms with Gasteiger partial charge in [0.15, 0.2) is 0 Å². The molecule has 3 amide bonds. The SMILES string of the molecule is O=C(NC(=O)c1c(F)cccc1F)Nc1ccc(OC(F)(F)C(F)C(F)(F)F)cc1F. The molecule has 0 aromatic heterocycles. The van der Waals surface area contributed by atoms with E-state index in [9.17, 15) is 49.1 Å². The third-order valence-corrected chi connectivity index (χ3v) is 3.44. The zero-order valence-corrected chi connectivity index (χ0v) is 14.7. The molecule has 168 valence electrons. The van der Waals surface area contributed by atoms with Crippen molar-refractivity contribution in [2.24, 2.45) is 0 Å². The van der Waals surface area contributed by atoms with Crippen molar-refractivity contribution in [2.45, 2.75) is 18.5 Å². The van der Waals surface area contributed by atoms with Gasteiger partial charge in [-0.1, -0.05) is 6.07 Å². The Labute approximate surface area is 166 Å². The maximum atomic E-state index is 13.9. The summed E-state index contributed by atoms with van der Waals surface area (Å²) in [5.41, 5.74) is -1.91. The van der Waals surface area contributed by atoms with Crippen LogP contribution in [0.4, 0.5) is 50.0 Å². The number of halogens is 9. The van der Waals surface area contributed by atoms with Crippen LogP contribution >= 0.6 is 0 Å². The molecular formula is C17H9F9N2O3. The molecule has 31 heavy (non-hydrogen) atoms. The van der Waals surface area contributed by atoms with Crippen molar-refractivity contribution in [3.63, 3.8) is 0 Å². The molecule has 0 spiro atoms. The van der Waals surface area contributed by atoms with Crippen LogP contribution in [0.2, 0.25) is 0 Å². The van der Waals surface area contributed by atoms with E-state index in [0.29, 0.717) is 12.1 Å². The smallest absolute Gasteiger partial charge is 0.430 e. The van der Waals surface area contributed by atoms with Crippen LogP contribution < -0.4 is 15.4 Å². The fourth-order valence-electron chi connectivity index (χ4n) is 2.09. The number of imide groups is 1. The highest BCUT2D eigenvalue weighted by molar-refractivity contribution is 6.08. The Bertz CT molecular complexity index is 975. The molecule has 0 aliphatic heterocycles. The van der Waals surface area contributed by atoms with Crippen LogP contribution in [0.25, 0.3) is 0 Å². The molecule has 0 aliphatic carbocycles. The molecule has 2 aromatic carbocycles. The maximum Gasteiger partial charge on any atom is 0.439 e. The number of hydrogen-bond donors (Lipinski definition) is 2. The lowest BCUT2D eigenvalue weighted by Gasteiger charge is -2.23. The maximum absolute atomic E-state index is 13.9. The summed E-state index contributed by atoms with van der Waals surface area (Å²) >= 11 is 0. The molecule has 14 heteroatoms. The minimum atomic E-state index is -5.95. The van der Waals surface area contributed by atoms with Crippen molar-refractivity contribution in [2.75, 3.05) is 5.32 Å². The largest absolute Gasteiger partial charge is 0.439 e. The first-order chi connectivity index (χ1) is 14.2. The highest BCUT2D eigenvalue weighted by Crippen LogP contribution is 2.37. The molecule has 0 fully saturated rings. The lowest BCUT2D eigenvalue weighted by atomic mass is 10.2. The van der Waals surface area contributed by atoms with Gasteiger partial charge in [0, 0.05) is 6.07 Å². The van der Waals surface area contributed by atoms with E-state index in [4.69, 9.17) is 0 Å². The van der Waals surface area contributed by atoms with Gasteiger partial charge in [-0.3, -0.25) is 10.1 Å². The summed E-state index contributed by atoms with van der Waals surface area (Å²) in [4.78, 5) is 23.5. The van der Waals surface area contributed by atoms with Gasteiger partial charge >= 0.3 is 18.3 Å². The third kappa shape index (κ3) is 5.79. The molecule has 0 saturated carbocycles. The van der Waals surface area contributed by atoms with Crippen molar-refractivity contribution in [1.82, 2.24) is 5.32 Å². The fourth-order valence-corrected chi connectivity index (χ4v) is 2.09. The number of anilines is 1. The number of carbonyl (C=O) groups excluding carboxylic acids is 2. The second kappa shape index (κ2) is 8.73. The lowest BCUT2D eigenvalue weighted by molar-refractivity contribution is -0.305. The normalized spacial score (nSPS) is 12.8. The molecule has 2 aromatic rings. The van der Waals surface area contributed by atoms with Crippen LogP contribution in [-0.2, 0) is 0 Å². The third-order valence-electron chi connectivity index (χ3n) is 3.44. The number of benzene rings is 2. The van der Waals surface area contributed by atoms with E-state index in [1.54, 1.807) is 5.32 Å². The van der Waals surface area contributed by atoms with Crippen LogP contribution in [0.3, 0.4) is 0 Å². The Morgan fingerprint density at radius 1 is 0.903 bits per heavy atom. The van der Waals surface area contributed by atoms with E-state index in [1.807, 2.05) is 0 Å². The Kier molecular flexibility index (Phi) is 6.71. The Balaban J connectivity index is 2.08. The first-order valence-corrected chi connectivity index (χ1v) is 7.86. The van der Waals surface area contributed by atoms with Crippen LogP contribution in [0.5, 0.6) is 5.75 Å². The van der Waals surface area contributed by atoms with Gasteiger partial charge in [0.05, 0.1) is 5.69 Å². The van der Waals surface area contributed by atoms with E-state index in [-0.39, 0.29) is 6.07 Å². The lowest BCUT2D eigenvalue weighted by Crippen LogP contribution is -2.45. The number of hydrogen-bond acceptors (Lipinski definition) is 3. The zero-order valence-electron chi connectivity index (χ0n) is 14.7. The van der Waals surface area contributed by atoms with Gasteiger partial charge in [0.2, 0.25) is 0 Å². The monoisotopic (exact) mass is 460 g/mol. The van der Waals surface area contributed by atoms with Crippen LogP contribution in [-0.4, -0.2) is 30.4 Å². The summed E-state index contributed by atoms with van der Waals surface area (Å²) in [6.07, 6.45) is -16.0. The summed E-state index contributed by atoms with van der Waals surface area (Å²) < 4.78 is 120. The second-order valence-electron chi connectivity index (χ2n) is 5.71. The molecule has 1 unspecified atom stereocenters. The van der Waals surface area contributed by atoms with Crippen molar-refractivity contribution in [3.05, 3.63) is 59.4 Å². The fraction of sp³-hybridized carbons (Fsp3) is 0.176. The van der Waals surface area contributed by atoms with Gasteiger partial charge in [-0.2, -0.15) is 22.0 Å². The minimum absolute atomic E-state index is 0.102. The molecule has 0 aliphatic rings. The number of rotatable bonds is 5.